The molecule has 0 aliphatic rings. The van der Waals surface area contributed by atoms with E-state index in [4.69, 9.17) is 4.74 Å². The van der Waals surface area contributed by atoms with Gasteiger partial charge in [-0.25, -0.2) is 0 Å². The molecule has 0 amide bonds. The summed E-state index contributed by atoms with van der Waals surface area (Å²) in [7, 11) is 0. The lowest BCUT2D eigenvalue weighted by Crippen LogP contribution is -2.22. The van der Waals surface area contributed by atoms with Crippen LogP contribution in [0.5, 0.6) is 0 Å². The molecule has 1 atom stereocenters. The number of benzene rings is 2. The molecular weight excluding hydrogens is 314 g/mol. The summed E-state index contributed by atoms with van der Waals surface area (Å²) in [5.74, 6) is -0.142. The van der Waals surface area contributed by atoms with E-state index in [0.717, 1.165) is 36.9 Å². The summed E-state index contributed by atoms with van der Waals surface area (Å²) in [6.07, 6.45) is 2.76. The van der Waals surface area contributed by atoms with Gasteiger partial charge in [0, 0.05) is 13.0 Å². The maximum atomic E-state index is 11.7. The molecule has 2 aromatic carbocycles. The minimum Gasteiger partial charge on any atom is -0.461 e. The molecule has 134 valence electrons. The summed E-state index contributed by atoms with van der Waals surface area (Å²) in [6, 6.07) is 19.3. The summed E-state index contributed by atoms with van der Waals surface area (Å²) in [5, 5.41) is 13.3. The van der Waals surface area contributed by atoms with Crippen molar-refractivity contribution >= 4 is 5.97 Å². The summed E-state index contributed by atoms with van der Waals surface area (Å²) >= 11 is 0. The van der Waals surface area contributed by atoms with E-state index in [1.165, 1.54) is 0 Å². The zero-order valence-electron chi connectivity index (χ0n) is 14.6. The molecule has 0 saturated heterocycles. The fraction of sp³-hybridized carbons (Fsp3) is 0.381. The van der Waals surface area contributed by atoms with Crippen molar-refractivity contribution < 1.29 is 14.6 Å². The van der Waals surface area contributed by atoms with E-state index >= 15 is 0 Å². The van der Waals surface area contributed by atoms with Gasteiger partial charge in [0.2, 0.25) is 0 Å². The summed E-state index contributed by atoms with van der Waals surface area (Å²) in [5.41, 5.74) is 1.94. The molecule has 0 aliphatic carbocycles. The molecule has 0 aliphatic heterocycles. The van der Waals surface area contributed by atoms with Crippen molar-refractivity contribution in [3.63, 3.8) is 0 Å². The Bertz CT molecular complexity index is 601. The van der Waals surface area contributed by atoms with Gasteiger partial charge in [-0.1, -0.05) is 67.1 Å². The highest BCUT2D eigenvalue weighted by molar-refractivity contribution is 5.69. The molecular formula is C21H27NO3. The number of hydrogen-bond donors (Lipinski definition) is 2. The number of ether oxygens (including phenoxy) is 1. The maximum absolute atomic E-state index is 11.7. The largest absolute Gasteiger partial charge is 0.461 e. The maximum Gasteiger partial charge on any atom is 0.306 e. The van der Waals surface area contributed by atoms with Crippen molar-refractivity contribution in [1.29, 1.82) is 0 Å². The van der Waals surface area contributed by atoms with Gasteiger partial charge >= 0.3 is 5.97 Å². The number of esters is 1. The predicted octanol–water partition coefficient (Wildman–Crippen LogP) is 3.61. The molecule has 25 heavy (non-hydrogen) atoms. The minimum atomic E-state index is -0.478. The number of aliphatic hydroxyl groups is 1. The smallest absolute Gasteiger partial charge is 0.306 e. The highest BCUT2D eigenvalue weighted by atomic mass is 16.5. The molecule has 2 aromatic rings. The molecule has 1 unspecified atom stereocenters. The van der Waals surface area contributed by atoms with Gasteiger partial charge in [0.15, 0.2) is 0 Å². The average Bonchev–Trinajstić information content (AvgIpc) is 2.67. The van der Waals surface area contributed by atoms with Crippen LogP contribution in [0.3, 0.4) is 0 Å². The molecule has 0 fully saturated rings. The Morgan fingerprint density at radius 3 is 2.36 bits per heavy atom. The van der Waals surface area contributed by atoms with Crippen molar-refractivity contribution in [2.75, 3.05) is 13.1 Å². The number of aliphatic hydroxyl groups excluding tert-OH is 1. The van der Waals surface area contributed by atoms with Crippen LogP contribution in [0, 0.1) is 0 Å². The first-order chi connectivity index (χ1) is 12.3. The van der Waals surface area contributed by atoms with E-state index in [-0.39, 0.29) is 5.97 Å². The van der Waals surface area contributed by atoms with Crippen molar-refractivity contribution in [2.24, 2.45) is 0 Å². The zero-order chi connectivity index (χ0) is 17.7. The quantitative estimate of drug-likeness (QED) is 0.484. The van der Waals surface area contributed by atoms with Gasteiger partial charge in [0.05, 0.1) is 6.10 Å². The van der Waals surface area contributed by atoms with Crippen LogP contribution in [0.1, 0.15) is 42.9 Å². The number of carbonyl (C=O) groups is 1. The second-order valence-corrected chi connectivity index (χ2v) is 6.09. The Morgan fingerprint density at radius 2 is 1.64 bits per heavy atom. The molecule has 0 aromatic heterocycles. The fourth-order valence-electron chi connectivity index (χ4n) is 2.54. The fourth-order valence-corrected chi connectivity index (χ4v) is 2.54. The molecule has 2 rings (SSSR count). The Morgan fingerprint density at radius 1 is 0.960 bits per heavy atom. The number of rotatable bonds is 11. The predicted molar refractivity (Wildman–Crippen MR) is 99.0 cm³/mol. The Balaban J connectivity index is 1.46. The van der Waals surface area contributed by atoms with Gasteiger partial charge in [-0.15, -0.1) is 0 Å². The van der Waals surface area contributed by atoms with E-state index in [2.05, 4.69) is 5.32 Å². The molecule has 4 heteroatoms. The number of nitrogens with one attached hydrogen (secondary N) is 1. The van der Waals surface area contributed by atoms with Gasteiger partial charge in [-0.05, 0) is 30.5 Å². The third kappa shape index (κ3) is 7.96. The van der Waals surface area contributed by atoms with Crippen LogP contribution in [-0.2, 0) is 16.1 Å². The first-order valence-corrected chi connectivity index (χ1v) is 8.89. The third-order valence-corrected chi connectivity index (χ3v) is 4.00. The first kappa shape index (κ1) is 19.2. The average molecular weight is 341 g/mol. The lowest BCUT2D eigenvalue weighted by Gasteiger charge is -2.12. The molecule has 0 bridgehead atoms. The lowest BCUT2D eigenvalue weighted by atomic mass is 10.1. The van der Waals surface area contributed by atoms with Crippen LogP contribution in [0.25, 0.3) is 0 Å². The van der Waals surface area contributed by atoms with Gasteiger partial charge in [-0.3, -0.25) is 4.79 Å². The van der Waals surface area contributed by atoms with Crippen LogP contribution >= 0.6 is 0 Å². The topological polar surface area (TPSA) is 58.6 Å². The minimum absolute atomic E-state index is 0.142. The Kier molecular flexibility index (Phi) is 8.73. The summed E-state index contributed by atoms with van der Waals surface area (Å²) in [6.45, 7) is 1.73. The van der Waals surface area contributed by atoms with Crippen molar-refractivity contribution in [2.45, 2.75) is 38.4 Å². The van der Waals surface area contributed by atoms with Crippen LogP contribution < -0.4 is 5.32 Å². The van der Waals surface area contributed by atoms with Gasteiger partial charge in [-0.2, -0.15) is 0 Å². The highest BCUT2D eigenvalue weighted by Gasteiger charge is 2.06. The van der Waals surface area contributed by atoms with E-state index < -0.39 is 6.10 Å². The summed E-state index contributed by atoms with van der Waals surface area (Å²) < 4.78 is 5.25. The molecule has 4 nitrogen and oxygen atoms in total. The van der Waals surface area contributed by atoms with Crippen molar-refractivity contribution in [3.8, 4) is 0 Å². The standard InChI is InChI=1S/C21H27NO3/c23-20(19-12-6-2-7-13-19)16-22-15-9-3-8-14-21(24)25-17-18-10-4-1-5-11-18/h1-2,4-7,10-13,20,22-23H,3,8-9,14-17H2. The van der Waals surface area contributed by atoms with E-state index in [9.17, 15) is 9.90 Å². The lowest BCUT2D eigenvalue weighted by molar-refractivity contribution is -0.145. The second-order valence-electron chi connectivity index (χ2n) is 6.09. The highest BCUT2D eigenvalue weighted by Crippen LogP contribution is 2.10. The van der Waals surface area contributed by atoms with E-state index in [1.54, 1.807) is 0 Å². The van der Waals surface area contributed by atoms with Crippen molar-refractivity contribution in [3.05, 3.63) is 71.8 Å². The van der Waals surface area contributed by atoms with Gasteiger partial charge in [0.25, 0.3) is 0 Å². The van der Waals surface area contributed by atoms with Crippen LogP contribution in [0.2, 0.25) is 0 Å². The third-order valence-electron chi connectivity index (χ3n) is 4.00. The molecule has 0 radical (unpaired) electrons. The van der Waals surface area contributed by atoms with Crippen LogP contribution in [0.4, 0.5) is 0 Å². The van der Waals surface area contributed by atoms with Crippen LogP contribution in [0.15, 0.2) is 60.7 Å². The van der Waals surface area contributed by atoms with Crippen LogP contribution in [-0.4, -0.2) is 24.2 Å². The number of unbranched alkanes of at least 4 members (excludes halogenated alkanes) is 2. The first-order valence-electron chi connectivity index (χ1n) is 8.89. The SMILES string of the molecule is O=C(CCCCCNCC(O)c1ccccc1)OCc1ccccc1. The Hall–Kier alpha value is -2.17. The van der Waals surface area contributed by atoms with E-state index in [0.29, 0.717) is 19.6 Å². The monoisotopic (exact) mass is 341 g/mol. The Labute approximate surface area is 149 Å². The zero-order valence-corrected chi connectivity index (χ0v) is 14.6. The van der Waals surface area contributed by atoms with Gasteiger partial charge in [0.1, 0.15) is 6.61 Å². The normalized spacial score (nSPS) is 11.9. The molecule has 0 heterocycles. The van der Waals surface area contributed by atoms with Gasteiger partial charge < -0.3 is 15.2 Å². The molecule has 0 spiro atoms. The van der Waals surface area contributed by atoms with E-state index in [1.807, 2.05) is 60.7 Å². The molecule has 2 N–H and O–H groups in total. The van der Waals surface area contributed by atoms with Crippen molar-refractivity contribution in [1.82, 2.24) is 5.32 Å². The number of hydrogen-bond acceptors (Lipinski definition) is 4. The summed E-state index contributed by atoms with van der Waals surface area (Å²) in [4.78, 5) is 11.7. The second kappa shape index (κ2) is 11.4. The number of carbonyl (C=O) groups excluding carboxylic acids is 1. The molecule has 0 saturated carbocycles.